The maximum absolute atomic E-state index is 5.83. The molecule has 2 atom stereocenters. The van der Waals surface area contributed by atoms with Crippen LogP contribution in [0.5, 0.6) is 5.75 Å². The average Bonchev–Trinajstić information content (AvgIpc) is 3.05. The topological polar surface area (TPSA) is 65.3 Å². The predicted octanol–water partition coefficient (Wildman–Crippen LogP) is 2.44. The van der Waals surface area contributed by atoms with Gasteiger partial charge >= 0.3 is 0 Å². The van der Waals surface area contributed by atoms with Gasteiger partial charge in [0.1, 0.15) is 17.9 Å². The van der Waals surface area contributed by atoms with E-state index in [9.17, 15) is 0 Å². The van der Waals surface area contributed by atoms with Gasteiger partial charge in [-0.05, 0) is 38.1 Å². The second kappa shape index (κ2) is 6.33. The van der Waals surface area contributed by atoms with Gasteiger partial charge in [0.15, 0.2) is 5.65 Å². The summed E-state index contributed by atoms with van der Waals surface area (Å²) >= 11 is 0. The summed E-state index contributed by atoms with van der Waals surface area (Å²) in [5, 5.41) is 5.47. The Balaban J connectivity index is 1.75. The van der Waals surface area contributed by atoms with Gasteiger partial charge in [0, 0.05) is 13.1 Å². The first kappa shape index (κ1) is 15.8. The average molecular weight is 339 g/mol. The molecule has 25 heavy (non-hydrogen) atoms. The molecule has 0 aliphatic carbocycles. The normalized spacial score (nSPS) is 20.8. The molecule has 7 heteroatoms. The van der Waals surface area contributed by atoms with Crippen molar-refractivity contribution < 1.29 is 9.47 Å². The first-order chi connectivity index (χ1) is 12.2. The molecule has 3 aromatic rings. The number of rotatable bonds is 3. The molecule has 4 rings (SSSR count). The summed E-state index contributed by atoms with van der Waals surface area (Å²) in [6, 6.07) is 7.75. The second-order valence-corrected chi connectivity index (χ2v) is 6.35. The molecular formula is C18H21N5O2. The molecule has 0 unspecified atom stereocenters. The van der Waals surface area contributed by atoms with Crippen LogP contribution >= 0.6 is 0 Å². The van der Waals surface area contributed by atoms with Crippen LogP contribution in [0.15, 0.2) is 36.8 Å². The van der Waals surface area contributed by atoms with Gasteiger partial charge in [0.2, 0.25) is 0 Å². The number of nitrogens with zero attached hydrogens (tertiary/aromatic N) is 5. The van der Waals surface area contributed by atoms with E-state index in [0.29, 0.717) is 0 Å². The van der Waals surface area contributed by atoms with Gasteiger partial charge in [0.05, 0.1) is 36.6 Å². The van der Waals surface area contributed by atoms with Crippen LogP contribution in [0.1, 0.15) is 13.8 Å². The summed E-state index contributed by atoms with van der Waals surface area (Å²) < 4.78 is 12.9. The van der Waals surface area contributed by atoms with Gasteiger partial charge < -0.3 is 14.4 Å². The summed E-state index contributed by atoms with van der Waals surface area (Å²) in [5.74, 6) is 1.72. The van der Waals surface area contributed by atoms with E-state index >= 15 is 0 Å². The van der Waals surface area contributed by atoms with Crippen LogP contribution in [0.3, 0.4) is 0 Å². The van der Waals surface area contributed by atoms with Crippen LogP contribution in [0.4, 0.5) is 5.82 Å². The molecular weight excluding hydrogens is 318 g/mol. The van der Waals surface area contributed by atoms with Gasteiger partial charge in [-0.1, -0.05) is 0 Å². The molecule has 2 aromatic heterocycles. The minimum atomic E-state index is 0.172. The van der Waals surface area contributed by atoms with Crippen LogP contribution in [-0.4, -0.2) is 52.2 Å². The maximum Gasteiger partial charge on any atom is 0.168 e. The lowest BCUT2D eigenvalue weighted by Gasteiger charge is -2.36. The quantitative estimate of drug-likeness (QED) is 0.730. The van der Waals surface area contributed by atoms with E-state index in [1.54, 1.807) is 13.4 Å². The molecule has 7 nitrogen and oxygen atoms in total. The molecule has 0 N–H and O–H groups in total. The summed E-state index contributed by atoms with van der Waals surface area (Å²) in [6.45, 7) is 5.79. The molecule has 3 heterocycles. The lowest BCUT2D eigenvalue weighted by molar-refractivity contribution is -0.00537. The molecule has 130 valence electrons. The number of hydrogen-bond donors (Lipinski definition) is 0. The molecule has 0 radical (unpaired) electrons. The molecule has 0 spiro atoms. The number of benzene rings is 1. The van der Waals surface area contributed by atoms with Gasteiger partial charge in [-0.15, -0.1) is 0 Å². The molecule has 1 fully saturated rings. The molecule has 1 aliphatic rings. The highest BCUT2D eigenvalue weighted by atomic mass is 16.5. The summed E-state index contributed by atoms with van der Waals surface area (Å²) in [4.78, 5) is 11.2. The minimum Gasteiger partial charge on any atom is -0.497 e. The Morgan fingerprint density at radius 2 is 1.80 bits per heavy atom. The molecule has 1 aromatic carbocycles. The zero-order chi connectivity index (χ0) is 17.4. The fourth-order valence-electron chi connectivity index (χ4n) is 3.35. The van der Waals surface area contributed by atoms with E-state index in [2.05, 4.69) is 33.8 Å². The zero-order valence-electron chi connectivity index (χ0n) is 14.6. The Labute approximate surface area is 146 Å². The van der Waals surface area contributed by atoms with Crippen LogP contribution in [-0.2, 0) is 4.74 Å². The number of morpholine rings is 1. The van der Waals surface area contributed by atoms with Gasteiger partial charge in [-0.3, -0.25) is 0 Å². The van der Waals surface area contributed by atoms with Crippen molar-refractivity contribution in [2.45, 2.75) is 26.1 Å². The monoisotopic (exact) mass is 339 g/mol. The predicted molar refractivity (Wildman–Crippen MR) is 95.4 cm³/mol. The Morgan fingerprint density at radius 3 is 2.48 bits per heavy atom. The van der Waals surface area contributed by atoms with Gasteiger partial charge in [-0.2, -0.15) is 5.10 Å². The maximum atomic E-state index is 5.83. The van der Waals surface area contributed by atoms with Crippen molar-refractivity contribution in [1.29, 1.82) is 0 Å². The third-order valence-electron chi connectivity index (χ3n) is 4.38. The first-order valence-corrected chi connectivity index (χ1v) is 8.39. The highest BCUT2D eigenvalue weighted by Crippen LogP contribution is 2.27. The van der Waals surface area contributed by atoms with E-state index in [-0.39, 0.29) is 12.2 Å². The van der Waals surface area contributed by atoms with E-state index in [0.717, 1.165) is 41.4 Å². The number of aromatic nitrogens is 4. The van der Waals surface area contributed by atoms with Crippen LogP contribution < -0.4 is 9.64 Å². The third-order valence-corrected chi connectivity index (χ3v) is 4.38. The van der Waals surface area contributed by atoms with Crippen molar-refractivity contribution >= 4 is 16.9 Å². The summed E-state index contributed by atoms with van der Waals surface area (Å²) in [6.07, 6.45) is 3.78. The summed E-state index contributed by atoms with van der Waals surface area (Å²) in [7, 11) is 1.65. The number of fused-ring (bicyclic) bond motifs is 1. The zero-order valence-corrected chi connectivity index (χ0v) is 14.6. The van der Waals surface area contributed by atoms with Gasteiger partial charge in [0.25, 0.3) is 0 Å². The third kappa shape index (κ3) is 2.91. The molecule has 0 bridgehead atoms. The highest BCUT2D eigenvalue weighted by molar-refractivity contribution is 5.87. The first-order valence-electron chi connectivity index (χ1n) is 8.39. The second-order valence-electron chi connectivity index (χ2n) is 6.35. The van der Waals surface area contributed by atoms with Crippen molar-refractivity contribution in [3.05, 3.63) is 36.8 Å². The van der Waals surface area contributed by atoms with Crippen molar-refractivity contribution in [3.8, 4) is 11.4 Å². The molecule has 1 aliphatic heterocycles. The molecule has 1 saturated heterocycles. The van der Waals surface area contributed by atoms with Crippen molar-refractivity contribution in [2.75, 3.05) is 25.1 Å². The SMILES string of the molecule is COc1ccc(-n2ncc3c(N4C[C@H](C)O[C@@H](C)C4)ncnc32)cc1. The Bertz CT molecular complexity index is 867. The van der Waals surface area contributed by atoms with E-state index in [4.69, 9.17) is 9.47 Å². The Hall–Kier alpha value is -2.67. The largest absolute Gasteiger partial charge is 0.497 e. The van der Waals surface area contributed by atoms with Gasteiger partial charge in [-0.25, -0.2) is 14.6 Å². The number of anilines is 1. The number of hydrogen-bond acceptors (Lipinski definition) is 6. The summed E-state index contributed by atoms with van der Waals surface area (Å²) in [5.41, 5.74) is 1.73. The lowest BCUT2D eigenvalue weighted by Crippen LogP contribution is -2.45. The fraction of sp³-hybridized carbons (Fsp3) is 0.389. The Kier molecular flexibility index (Phi) is 4.01. The van der Waals surface area contributed by atoms with Crippen LogP contribution in [0, 0.1) is 0 Å². The number of ether oxygens (including phenoxy) is 2. The number of methoxy groups -OCH3 is 1. The van der Waals surface area contributed by atoms with E-state index in [1.807, 2.05) is 35.1 Å². The van der Waals surface area contributed by atoms with Crippen molar-refractivity contribution in [1.82, 2.24) is 19.7 Å². The van der Waals surface area contributed by atoms with E-state index in [1.165, 1.54) is 0 Å². The van der Waals surface area contributed by atoms with Crippen molar-refractivity contribution in [3.63, 3.8) is 0 Å². The van der Waals surface area contributed by atoms with E-state index < -0.39 is 0 Å². The highest BCUT2D eigenvalue weighted by Gasteiger charge is 2.25. The minimum absolute atomic E-state index is 0.172. The lowest BCUT2D eigenvalue weighted by atomic mass is 10.2. The Morgan fingerprint density at radius 1 is 1.08 bits per heavy atom. The molecule has 0 saturated carbocycles. The molecule has 0 amide bonds. The fourth-order valence-corrected chi connectivity index (χ4v) is 3.35. The van der Waals surface area contributed by atoms with Crippen LogP contribution in [0.25, 0.3) is 16.7 Å². The van der Waals surface area contributed by atoms with Crippen LogP contribution in [0.2, 0.25) is 0 Å². The standard InChI is InChI=1S/C18H21N5O2/c1-12-9-22(10-13(2)25-12)17-16-8-21-23(18(16)20-11-19-17)14-4-6-15(24-3)7-5-14/h4-8,11-13H,9-10H2,1-3H3/t12-,13-/m0/s1. The smallest absolute Gasteiger partial charge is 0.168 e. The van der Waals surface area contributed by atoms with Crippen molar-refractivity contribution in [2.24, 2.45) is 0 Å².